The van der Waals surface area contributed by atoms with E-state index in [2.05, 4.69) is 5.32 Å². The number of aliphatic carboxylic acids is 1. The van der Waals surface area contributed by atoms with Crippen LogP contribution in [0.4, 0.5) is 0 Å². The van der Waals surface area contributed by atoms with Crippen molar-refractivity contribution in [3.63, 3.8) is 0 Å². The van der Waals surface area contributed by atoms with E-state index in [1.807, 2.05) is 7.05 Å². The standard InChI is InChI=1S/C10H19NO2.ClH/c1-11-7-6-8-2-4-9(5-3-8)10(12)13;/h8-9,11H,2-7H2,1H3,(H,12,13);1H/t8-,9-;. The molecule has 4 heteroatoms. The molecule has 3 nitrogen and oxygen atoms in total. The summed E-state index contributed by atoms with van der Waals surface area (Å²) in [6.07, 6.45) is 5.15. The third kappa shape index (κ3) is 4.29. The Bertz CT molecular complexity index is 168. The van der Waals surface area contributed by atoms with Crippen LogP contribution in [0.15, 0.2) is 0 Å². The highest BCUT2D eigenvalue weighted by atomic mass is 35.5. The van der Waals surface area contributed by atoms with Crippen LogP contribution >= 0.6 is 12.4 Å². The van der Waals surface area contributed by atoms with Crippen molar-refractivity contribution in [2.45, 2.75) is 32.1 Å². The lowest BCUT2D eigenvalue weighted by Crippen LogP contribution is -2.23. The fraction of sp³-hybridized carbons (Fsp3) is 0.900. The molecule has 2 N–H and O–H groups in total. The largest absolute Gasteiger partial charge is 0.481 e. The first-order valence-corrected chi connectivity index (χ1v) is 5.11. The number of halogens is 1. The Hall–Kier alpha value is -0.280. The molecule has 0 amide bonds. The number of carboxylic acid groups (broad SMARTS) is 1. The fourth-order valence-electron chi connectivity index (χ4n) is 2.05. The maximum atomic E-state index is 10.7. The van der Waals surface area contributed by atoms with Crippen molar-refractivity contribution >= 4 is 18.4 Å². The second kappa shape index (κ2) is 7.07. The van der Waals surface area contributed by atoms with Gasteiger partial charge >= 0.3 is 5.97 Å². The Balaban J connectivity index is 0.00000169. The first kappa shape index (κ1) is 13.7. The summed E-state index contributed by atoms with van der Waals surface area (Å²) in [5, 5.41) is 11.9. The molecule has 0 aliphatic heterocycles. The summed E-state index contributed by atoms with van der Waals surface area (Å²) < 4.78 is 0. The first-order valence-electron chi connectivity index (χ1n) is 5.11. The summed E-state index contributed by atoms with van der Waals surface area (Å²) >= 11 is 0. The van der Waals surface area contributed by atoms with Crippen LogP contribution in [-0.4, -0.2) is 24.7 Å². The van der Waals surface area contributed by atoms with Crippen molar-refractivity contribution in [3.8, 4) is 0 Å². The first-order chi connectivity index (χ1) is 6.24. The van der Waals surface area contributed by atoms with Gasteiger partial charge in [0.2, 0.25) is 0 Å². The van der Waals surface area contributed by atoms with E-state index in [9.17, 15) is 4.79 Å². The van der Waals surface area contributed by atoms with Crippen LogP contribution in [-0.2, 0) is 4.79 Å². The number of rotatable bonds is 4. The van der Waals surface area contributed by atoms with E-state index < -0.39 is 5.97 Å². The summed E-state index contributed by atoms with van der Waals surface area (Å²) in [7, 11) is 1.96. The van der Waals surface area contributed by atoms with E-state index in [1.54, 1.807) is 0 Å². The minimum atomic E-state index is -0.605. The molecule has 1 fully saturated rings. The molecule has 0 saturated heterocycles. The van der Waals surface area contributed by atoms with Crippen LogP contribution in [0, 0.1) is 11.8 Å². The molecule has 1 rings (SSSR count). The number of carbonyl (C=O) groups is 1. The average molecular weight is 222 g/mol. The zero-order chi connectivity index (χ0) is 9.68. The molecule has 0 spiro atoms. The van der Waals surface area contributed by atoms with E-state index in [0.29, 0.717) is 0 Å². The van der Waals surface area contributed by atoms with Gasteiger partial charge in [0.05, 0.1) is 5.92 Å². The third-order valence-electron chi connectivity index (χ3n) is 3.00. The smallest absolute Gasteiger partial charge is 0.306 e. The van der Waals surface area contributed by atoms with Gasteiger partial charge in [-0.1, -0.05) is 0 Å². The fourth-order valence-corrected chi connectivity index (χ4v) is 2.05. The molecular formula is C10H20ClNO2. The molecule has 0 radical (unpaired) electrons. The number of hydrogen-bond acceptors (Lipinski definition) is 2. The predicted octanol–water partition coefficient (Wildman–Crippen LogP) is 1.91. The summed E-state index contributed by atoms with van der Waals surface area (Å²) in [4.78, 5) is 10.7. The minimum Gasteiger partial charge on any atom is -0.481 e. The van der Waals surface area contributed by atoms with Gasteiger partial charge in [-0.15, -0.1) is 12.4 Å². The quantitative estimate of drug-likeness (QED) is 0.763. The Kier molecular flexibility index (Phi) is 6.93. The maximum Gasteiger partial charge on any atom is 0.306 e. The van der Waals surface area contributed by atoms with Gasteiger partial charge < -0.3 is 10.4 Å². The van der Waals surface area contributed by atoms with Crippen molar-refractivity contribution in [3.05, 3.63) is 0 Å². The topological polar surface area (TPSA) is 49.3 Å². The van der Waals surface area contributed by atoms with Crippen molar-refractivity contribution in [2.24, 2.45) is 11.8 Å². The molecule has 0 unspecified atom stereocenters. The Morgan fingerprint density at radius 3 is 2.36 bits per heavy atom. The second-order valence-corrected chi connectivity index (χ2v) is 3.95. The van der Waals surface area contributed by atoms with Crippen molar-refractivity contribution in [1.29, 1.82) is 0 Å². The van der Waals surface area contributed by atoms with E-state index in [4.69, 9.17) is 5.11 Å². The van der Waals surface area contributed by atoms with Crippen LogP contribution < -0.4 is 5.32 Å². The molecule has 14 heavy (non-hydrogen) atoms. The monoisotopic (exact) mass is 221 g/mol. The van der Waals surface area contributed by atoms with Gasteiger partial charge in [-0.2, -0.15) is 0 Å². The summed E-state index contributed by atoms with van der Waals surface area (Å²) in [5.41, 5.74) is 0. The Morgan fingerprint density at radius 2 is 1.93 bits per heavy atom. The highest BCUT2D eigenvalue weighted by Crippen LogP contribution is 2.30. The summed E-state index contributed by atoms with van der Waals surface area (Å²) in [5.74, 6) is 0.0842. The van der Waals surface area contributed by atoms with E-state index in [0.717, 1.165) is 38.1 Å². The molecule has 1 saturated carbocycles. The lowest BCUT2D eigenvalue weighted by molar-refractivity contribution is -0.143. The SMILES string of the molecule is CNCC[C@H]1CC[C@H](C(=O)O)CC1.Cl. The van der Waals surface area contributed by atoms with Gasteiger partial charge in [0.15, 0.2) is 0 Å². The predicted molar refractivity (Wildman–Crippen MR) is 58.9 cm³/mol. The number of nitrogens with one attached hydrogen (secondary N) is 1. The van der Waals surface area contributed by atoms with Crippen LogP contribution in [0.25, 0.3) is 0 Å². The lowest BCUT2D eigenvalue weighted by Gasteiger charge is -2.25. The van der Waals surface area contributed by atoms with Crippen molar-refractivity contribution < 1.29 is 9.90 Å². The van der Waals surface area contributed by atoms with Crippen LogP contribution in [0.5, 0.6) is 0 Å². The Morgan fingerprint density at radius 1 is 1.36 bits per heavy atom. The van der Waals surface area contributed by atoms with Gasteiger partial charge in [0.1, 0.15) is 0 Å². The number of hydrogen-bond donors (Lipinski definition) is 2. The van der Waals surface area contributed by atoms with Gasteiger partial charge in [-0.3, -0.25) is 4.79 Å². The highest BCUT2D eigenvalue weighted by molar-refractivity contribution is 5.85. The molecule has 0 aromatic rings. The Labute approximate surface area is 91.7 Å². The summed E-state index contributed by atoms with van der Waals surface area (Å²) in [6.45, 7) is 1.06. The van der Waals surface area contributed by atoms with E-state index >= 15 is 0 Å². The minimum absolute atomic E-state index is 0. The van der Waals surface area contributed by atoms with Crippen LogP contribution in [0.3, 0.4) is 0 Å². The third-order valence-corrected chi connectivity index (χ3v) is 3.00. The maximum absolute atomic E-state index is 10.7. The average Bonchev–Trinajstić information content (AvgIpc) is 2.15. The summed E-state index contributed by atoms with van der Waals surface area (Å²) in [6, 6.07) is 0. The molecule has 1 aliphatic rings. The zero-order valence-electron chi connectivity index (χ0n) is 8.66. The normalized spacial score (nSPS) is 26.6. The molecule has 0 bridgehead atoms. The molecule has 0 heterocycles. The van der Waals surface area contributed by atoms with Gasteiger partial charge in [-0.05, 0) is 51.6 Å². The zero-order valence-corrected chi connectivity index (χ0v) is 9.48. The molecule has 84 valence electrons. The van der Waals surface area contributed by atoms with Crippen molar-refractivity contribution in [1.82, 2.24) is 5.32 Å². The number of carboxylic acids is 1. The van der Waals surface area contributed by atoms with Crippen molar-refractivity contribution in [2.75, 3.05) is 13.6 Å². The van der Waals surface area contributed by atoms with Gasteiger partial charge in [-0.25, -0.2) is 0 Å². The van der Waals surface area contributed by atoms with Crippen LogP contribution in [0.2, 0.25) is 0 Å². The lowest BCUT2D eigenvalue weighted by atomic mass is 9.80. The van der Waals surface area contributed by atoms with Crippen LogP contribution in [0.1, 0.15) is 32.1 Å². The van der Waals surface area contributed by atoms with Gasteiger partial charge in [0.25, 0.3) is 0 Å². The molecule has 1 aliphatic carbocycles. The van der Waals surface area contributed by atoms with E-state index in [1.165, 1.54) is 6.42 Å². The highest BCUT2D eigenvalue weighted by Gasteiger charge is 2.25. The second-order valence-electron chi connectivity index (χ2n) is 3.95. The molecule has 0 atom stereocenters. The molecule has 0 aromatic carbocycles. The van der Waals surface area contributed by atoms with Gasteiger partial charge in [0, 0.05) is 0 Å². The molecular weight excluding hydrogens is 202 g/mol. The van der Waals surface area contributed by atoms with E-state index in [-0.39, 0.29) is 18.3 Å². The molecule has 0 aromatic heterocycles.